The predicted octanol–water partition coefficient (Wildman–Crippen LogP) is 2.75. The van der Waals surface area contributed by atoms with Gasteiger partial charge in [-0.2, -0.15) is 0 Å². The summed E-state index contributed by atoms with van der Waals surface area (Å²) in [5, 5.41) is 13.7. The molecule has 3 nitrogen and oxygen atoms in total. The van der Waals surface area contributed by atoms with Crippen LogP contribution in [0.1, 0.15) is 31.2 Å². The lowest BCUT2D eigenvalue weighted by molar-refractivity contribution is 0.106. The molecule has 0 aromatic carbocycles. The molecule has 0 radical (unpaired) electrons. The molecule has 1 fully saturated rings. The molecular formula is C14H23ClN2OS. The van der Waals surface area contributed by atoms with Crippen molar-refractivity contribution < 1.29 is 5.11 Å². The van der Waals surface area contributed by atoms with Gasteiger partial charge in [-0.3, -0.25) is 0 Å². The Kier molecular flexibility index (Phi) is 5.26. The SMILES string of the molecule is CC1CN(C)C(C)CC1NCC(O)c1ccc(Cl)s1. The number of hydrogen-bond donors (Lipinski definition) is 2. The molecule has 5 heteroatoms. The second-order valence-corrected chi connectivity index (χ2v) is 7.42. The van der Waals surface area contributed by atoms with Gasteiger partial charge >= 0.3 is 0 Å². The molecule has 19 heavy (non-hydrogen) atoms. The molecule has 1 aliphatic heterocycles. The molecule has 2 rings (SSSR count). The Labute approximate surface area is 124 Å². The van der Waals surface area contributed by atoms with E-state index in [1.165, 1.54) is 11.3 Å². The number of piperidine rings is 1. The lowest BCUT2D eigenvalue weighted by atomic mass is 9.90. The lowest BCUT2D eigenvalue weighted by Gasteiger charge is -2.40. The van der Waals surface area contributed by atoms with Crippen molar-refractivity contribution in [2.75, 3.05) is 20.1 Å². The fraction of sp³-hybridized carbons (Fsp3) is 0.714. The minimum Gasteiger partial charge on any atom is -0.386 e. The average molecular weight is 303 g/mol. The van der Waals surface area contributed by atoms with Crippen LogP contribution >= 0.6 is 22.9 Å². The number of nitrogens with one attached hydrogen (secondary N) is 1. The van der Waals surface area contributed by atoms with Crippen LogP contribution in [0.15, 0.2) is 12.1 Å². The minimum atomic E-state index is -0.459. The maximum Gasteiger partial charge on any atom is 0.101 e. The summed E-state index contributed by atoms with van der Waals surface area (Å²) >= 11 is 7.34. The molecule has 1 aromatic heterocycles. The fourth-order valence-electron chi connectivity index (χ4n) is 2.70. The Morgan fingerprint density at radius 1 is 1.53 bits per heavy atom. The van der Waals surface area contributed by atoms with Gasteiger partial charge in [0, 0.05) is 30.1 Å². The van der Waals surface area contributed by atoms with Crippen molar-refractivity contribution in [1.82, 2.24) is 10.2 Å². The van der Waals surface area contributed by atoms with E-state index in [1.54, 1.807) is 0 Å². The summed E-state index contributed by atoms with van der Waals surface area (Å²) in [5.41, 5.74) is 0. The Hall–Kier alpha value is -0.130. The Morgan fingerprint density at radius 3 is 2.89 bits per heavy atom. The van der Waals surface area contributed by atoms with Gasteiger partial charge < -0.3 is 15.3 Å². The molecule has 1 aromatic rings. The highest BCUT2D eigenvalue weighted by molar-refractivity contribution is 7.16. The molecule has 0 saturated carbocycles. The topological polar surface area (TPSA) is 35.5 Å². The van der Waals surface area contributed by atoms with Crippen molar-refractivity contribution in [3.63, 3.8) is 0 Å². The summed E-state index contributed by atoms with van der Waals surface area (Å²) in [6.45, 7) is 6.24. The number of rotatable bonds is 4. The first kappa shape index (κ1) is 15.3. The largest absolute Gasteiger partial charge is 0.386 e. The molecule has 4 atom stereocenters. The maximum absolute atomic E-state index is 10.1. The molecule has 0 spiro atoms. The Morgan fingerprint density at radius 2 is 2.26 bits per heavy atom. The van der Waals surface area contributed by atoms with Gasteiger partial charge in [-0.15, -0.1) is 11.3 Å². The number of halogens is 1. The van der Waals surface area contributed by atoms with Gasteiger partial charge in [0.1, 0.15) is 6.10 Å². The van der Waals surface area contributed by atoms with Crippen molar-refractivity contribution in [3.8, 4) is 0 Å². The highest BCUT2D eigenvalue weighted by atomic mass is 35.5. The molecule has 4 unspecified atom stereocenters. The van der Waals surface area contributed by atoms with Gasteiger partial charge in [0.15, 0.2) is 0 Å². The van der Waals surface area contributed by atoms with E-state index in [0.717, 1.165) is 22.2 Å². The number of likely N-dealkylation sites (tertiary alicyclic amines) is 1. The molecule has 1 aliphatic rings. The van der Waals surface area contributed by atoms with E-state index in [2.05, 4.69) is 31.1 Å². The average Bonchev–Trinajstić information content (AvgIpc) is 2.78. The number of aliphatic hydroxyl groups is 1. The summed E-state index contributed by atoms with van der Waals surface area (Å²) < 4.78 is 0.732. The summed E-state index contributed by atoms with van der Waals surface area (Å²) in [4.78, 5) is 3.34. The van der Waals surface area contributed by atoms with Crippen LogP contribution in [0.2, 0.25) is 4.34 Å². The minimum absolute atomic E-state index is 0.459. The van der Waals surface area contributed by atoms with Crippen LogP contribution in [0.4, 0.5) is 0 Å². The smallest absolute Gasteiger partial charge is 0.101 e. The first-order valence-corrected chi connectivity index (χ1v) is 8.03. The van der Waals surface area contributed by atoms with E-state index in [4.69, 9.17) is 11.6 Å². The summed E-state index contributed by atoms with van der Waals surface area (Å²) in [6, 6.07) is 4.82. The fourth-order valence-corrected chi connectivity index (χ4v) is 3.74. The molecule has 2 heterocycles. The van der Waals surface area contributed by atoms with Crippen molar-refractivity contribution in [2.45, 2.75) is 38.5 Å². The summed E-state index contributed by atoms with van der Waals surface area (Å²) in [7, 11) is 2.18. The Bertz CT molecular complexity index is 412. The predicted molar refractivity (Wildman–Crippen MR) is 82.0 cm³/mol. The second kappa shape index (κ2) is 6.55. The van der Waals surface area contributed by atoms with Crippen LogP contribution in [-0.4, -0.2) is 42.2 Å². The summed E-state index contributed by atoms with van der Waals surface area (Å²) in [6.07, 6.45) is 0.676. The first-order valence-electron chi connectivity index (χ1n) is 6.84. The van der Waals surface area contributed by atoms with E-state index < -0.39 is 6.10 Å². The van der Waals surface area contributed by atoms with Gasteiger partial charge in [0.25, 0.3) is 0 Å². The van der Waals surface area contributed by atoms with E-state index in [0.29, 0.717) is 24.5 Å². The Balaban J connectivity index is 1.84. The second-order valence-electron chi connectivity index (χ2n) is 5.67. The van der Waals surface area contributed by atoms with E-state index in [-0.39, 0.29) is 0 Å². The molecular weight excluding hydrogens is 280 g/mol. The lowest BCUT2D eigenvalue weighted by Crippen LogP contribution is -2.51. The molecule has 0 aliphatic carbocycles. The zero-order valence-corrected chi connectivity index (χ0v) is 13.3. The van der Waals surface area contributed by atoms with Gasteiger partial charge in [-0.1, -0.05) is 18.5 Å². The van der Waals surface area contributed by atoms with Crippen molar-refractivity contribution >= 4 is 22.9 Å². The number of thiophene rings is 1. The van der Waals surface area contributed by atoms with E-state index in [9.17, 15) is 5.11 Å². The van der Waals surface area contributed by atoms with Crippen LogP contribution in [0.3, 0.4) is 0 Å². The molecule has 2 N–H and O–H groups in total. The number of nitrogens with zero attached hydrogens (tertiary/aromatic N) is 1. The van der Waals surface area contributed by atoms with Crippen molar-refractivity contribution in [3.05, 3.63) is 21.3 Å². The van der Waals surface area contributed by atoms with Crippen LogP contribution in [0.25, 0.3) is 0 Å². The first-order chi connectivity index (χ1) is 8.97. The summed E-state index contributed by atoms with van der Waals surface area (Å²) in [5.74, 6) is 0.611. The van der Waals surface area contributed by atoms with Crippen LogP contribution < -0.4 is 5.32 Å². The van der Waals surface area contributed by atoms with Gasteiger partial charge in [-0.25, -0.2) is 0 Å². The number of hydrogen-bond acceptors (Lipinski definition) is 4. The monoisotopic (exact) mass is 302 g/mol. The maximum atomic E-state index is 10.1. The van der Waals surface area contributed by atoms with Crippen LogP contribution in [-0.2, 0) is 0 Å². The normalized spacial score (nSPS) is 30.5. The number of aliphatic hydroxyl groups excluding tert-OH is 1. The van der Waals surface area contributed by atoms with Gasteiger partial charge in [-0.05, 0) is 38.4 Å². The van der Waals surface area contributed by atoms with Gasteiger partial charge in [0.05, 0.1) is 4.34 Å². The third-order valence-electron chi connectivity index (χ3n) is 4.11. The highest BCUT2D eigenvalue weighted by Gasteiger charge is 2.28. The molecule has 1 saturated heterocycles. The third-order valence-corrected chi connectivity index (χ3v) is 5.44. The van der Waals surface area contributed by atoms with E-state index >= 15 is 0 Å². The van der Waals surface area contributed by atoms with Crippen LogP contribution in [0, 0.1) is 5.92 Å². The van der Waals surface area contributed by atoms with Crippen molar-refractivity contribution in [2.24, 2.45) is 5.92 Å². The standard InChI is InChI=1S/C14H23ClN2OS/c1-9-8-17(3)10(2)6-11(9)16-7-12(18)13-4-5-14(15)19-13/h4-5,9-12,16,18H,6-8H2,1-3H3. The van der Waals surface area contributed by atoms with Gasteiger partial charge in [0.2, 0.25) is 0 Å². The molecule has 0 amide bonds. The molecule has 0 bridgehead atoms. The quantitative estimate of drug-likeness (QED) is 0.898. The van der Waals surface area contributed by atoms with Crippen molar-refractivity contribution in [1.29, 1.82) is 0 Å². The zero-order valence-electron chi connectivity index (χ0n) is 11.8. The zero-order chi connectivity index (χ0) is 14.0. The van der Waals surface area contributed by atoms with E-state index in [1.807, 2.05) is 12.1 Å². The van der Waals surface area contributed by atoms with Crippen LogP contribution in [0.5, 0.6) is 0 Å². The highest BCUT2D eigenvalue weighted by Crippen LogP contribution is 2.27. The third kappa shape index (κ3) is 3.92. The molecule has 108 valence electrons.